The first kappa shape index (κ1) is 16.2. The highest BCUT2D eigenvalue weighted by atomic mass is 32.1. The molecule has 0 amide bonds. The van der Waals surface area contributed by atoms with Gasteiger partial charge in [-0.05, 0) is 68.0 Å². The van der Waals surface area contributed by atoms with Crippen LogP contribution in [0.25, 0.3) is 0 Å². The minimum Gasteiger partial charge on any atom is -0.351 e. The van der Waals surface area contributed by atoms with Gasteiger partial charge in [-0.15, -0.1) is 11.3 Å². The van der Waals surface area contributed by atoms with E-state index in [1.165, 1.54) is 15.3 Å². The molecule has 1 aromatic carbocycles. The summed E-state index contributed by atoms with van der Waals surface area (Å²) in [5.41, 5.74) is 3.35. The van der Waals surface area contributed by atoms with Crippen LogP contribution in [-0.4, -0.2) is 10.1 Å². The first-order chi connectivity index (χ1) is 12.1. The zero-order chi connectivity index (χ0) is 17.4. The minimum atomic E-state index is 0.0345. The molecule has 3 nitrogen and oxygen atoms in total. The summed E-state index contributed by atoms with van der Waals surface area (Å²) in [7, 11) is 0. The summed E-state index contributed by atoms with van der Waals surface area (Å²) < 4.78 is 0. The van der Waals surface area contributed by atoms with Gasteiger partial charge in [-0.1, -0.05) is 18.2 Å². The summed E-state index contributed by atoms with van der Waals surface area (Å²) in [5.74, 6) is 0. The van der Waals surface area contributed by atoms with Gasteiger partial charge in [0.25, 0.3) is 0 Å². The summed E-state index contributed by atoms with van der Waals surface area (Å²) in [5, 5.41) is 4.25. The van der Waals surface area contributed by atoms with Crippen molar-refractivity contribution in [2.24, 2.45) is 0 Å². The monoisotopic (exact) mass is 365 g/mol. The van der Waals surface area contributed by atoms with Crippen molar-refractivity contribution in [3.63, 3.8) is 0 Å². The standard InChI is InChI=1S/C20H19N3S2/c1-13-6-5-7-15(12-13)23-19(17-10-9-14(2)25-17)18(22-20(23)24)16-8-3-4-11-21-16/h3-12,18-19H,1-2H3,(H,22,24)/t18-,19-/m1/s1. The molecule has 3 heterocycles. The predicted molar refractivity (Wildman–Crippen MR) is 108 cm³/mol. The maximum Gasteiger partial charge on any atom is 0.174 e. The molecule has 3 aromatic rings. The van der Waals surface area contributed by atoms with E-state index in [4.69, 9.17) is 12.2 Å². The lowest BCUT2D eigenvalue weighted by molar-refractivity contribution is 0.575. The Morgan fingerprint density at radius 2 is 1.96 bits per heavy atom. The minimum absolute atomic E-state index is 0.0345. The maximum absolute atomic E-state index is 5.72. The van der Waals surface area contributed by atoms with Crippen molar-refractivity contribution in [1.29, 1.82) is 0 Å². The lowest BCUT2D eigenvalue weighted by Crippen LogP contribution is -2.29. The number of thiocarbonyl (C=S) groups is 1. The summed E-state index contributed by atoms with van der Waals surface area (Å²) in [4.78, 5) is 9.40. The Hall–Kier alpha value is -2.24. The van der Waals surface area contributed by atoms with Gasteiger partial charge in [-0.3, -0.25) is 4.98 Å². The average molecular weight is 366 g/mol. The number of aryl methyl sites for hydroxylation is 2. The molecule has 2 atom stereocenters. The van der Waals surface area contributed by atoms with Crippen LogP contribution < -0.4 is 10.2 Å². The fourth-order valence-electron chi connectivity index (χ4n) is 3.31. The Balaban J connectivity index is 1.83. The number of aromatic nitrogens is 1. The molecule has 5 heteroatoms. The van der Waals surface area contributed by atoms with Crippen LogP contribution in [0.3, 0.4) is 0 Å². The van der Waals surface area contributed by atoms with Gasteiger partial charge < -0.3 is 10.2 Å². The number of anilines is 1. The van der Waals surface area contributed by atoms with Crippen LogP contribution in [0.1, 0.15) is 33.1 Å². The molecule has 126 valence electrons. The van der Waals surface area contributed by atoms with Crippen molar-refractivity contribution in [3.8, 4) is 0 Å². The Morgan fingerprint density at radius 3 is 2.64 bits per heavy atom. The van der Waals surface area contributed by atoms with Gasteiger partial charge in [-0.25, -0.2) is 0 Å². The fourth-order valence-corrected chi connectivity index (χ4v) is 4.66. The molecule has 0 aliphatic carbocycles. The third-order valence-electron chi connectivity index (χ3n) is 4.43. The van der Waals surface area contributed by atoms with E-state index in [1.807, 2.05) is 29.7 Å². The summed E-state index contributed by atoms with van der Waals surface area (Å²) >= 11 is 7.54. The molecular weight excluding hydrogens is 346 g/mol. The fraction of sp³-hybridized carbons (Fsp3) is 0.200. The van der Waals surface area contributed by atoms with Crippen LogP contribution in [0.4, 0.5) is 5.69 Å². The van der Waals surface area contributed by atoms with Crippen molar-refractivity contribution in [1.82, 2.24) is 10.3 Å². The molecule has 1 saturated heterocycles. The molecule has 0 saturated carbocycles. The van der Waals surface area contributed by atoms with Gasteiger partial charge in [0.15, 0.2) is 5.11 Å². The molecule has 0 unspecified atom stereocenters. The largest absolute Gasteiger partial charge is 0.351 e. The van der Waals surface area contributed by atoms with Gasteiger partial charge in [0.05, 0.1) is 17.8 Å². The second-order valence-electron chi connectivity index (χ2n) is 6.28. The van der Waals surface area contributed by atoms with Gasteiger partial charge >= 0.3 is 0 Å². The first-order valence-corrected chi connectivity index (χ1v) is 9.49. The number of thiophene rings is 1. The number of rotatable bonds is 3. The van der Waals surface area contributed by atoms with E-state index in [0.29, 0.717) is 0 Å². The van der Waals surface area contributed by atoms with E-state index >= 15 is 0 Å². The zero-order valence-electron chi connectivity index (χ0n) is 14.1. The predicted octanol–water partition coefficient (Wildman–Crippen LogP) is 4.94. The molecule has 0 bridgehead atoms. The third kappa shape index (κ3) is 3.05. The number of hydrogen-bond acceptors (Lipinski definition) is 3. The van der Waals surface area contributed by atoms with Crippen molar-refractivity contribution < 1.29 is 0 Å². The zero-order valence-corrected chi connectivity index (χ0v) is 15.8. The van der Waals surface area contributed by atoms with E-state index in [-0.39, 0.29) is 12.1 Å². The number of nitrogens with zero attached hydrogens (tertiary/aromatic N) is 2. The van der Waals surface area contributed by atoms with Crippen LogP contribution in [0.5, 0.6) is 0 Å². The normalized spacial score (nSPS) is 19.9. The Bertz CT molecular complexity index is 904. The van der Waals surface area contributed by atoms with Crippen LogP contribution >= 0.6 is 23.6 Å². The Kier molecular flexibility index (Phi) is 4.27. The van der Waals surface area contributed by atoms with Crippen LogP contribution in [0, 0.1) is 13.8 Å². The highest BCUT2D eigenvalue weighted by Crippen LogP contribution is 2.43. The lowest BCUT2D eigenvalue weighted by atomic mass is 10.0. The smallest absolute Gasteiger partial charge is 0.174 e. The third-order valence-corrected chi connectivity index (χ3v) is 5.82. The van der Waals surface area contributed by atoms with Crippen molar-refractivity contribution in [2.75, 3.05) is 4.90 Å². The Morgan fingerprint density at radius 1 is 1.08 bits per heavy atom. The van der Waals surface area contributed by atoms with Gasteiger partial charge in [-0.2, -0.15) is 0 Å². The SMILES string of the molecule is Cc1cccc(N2C(=S)N[C@H](c3ccccn3)[C@H]2c2ccc(C)s2)c1. The summed E-state index contributed by atoms with van der Waals surface area (Å²) in [6.07, 6.45) is 1.84. The topological polar surface area (TPSA) is 28.2 Å². The number of benzene rings is 1. The number of nitrogens with one attached hydrogen (secondary N) is 1. The van der Waals surface area contributed by atoms with E-state index in [2.05, 4.69) is 71.5 Å². The van der Waals surface area contributed by atoms with E-state index in [1.54, 1.807) is 0 Å². The van der Waals surface area contributed by atoms with E-state index in [9.17, 15) is 0 Å². The molecule has 0 spiro atoms. The Labute approximate surface area is 157 Å². The molecule has 25 heavy (non-hydrogen) atoms. The van der Waals surface area contributed by atoms with E-state index < -0.39 is 0 Å². The van der Waals surface area contributed by atoms with Crippen LogP contribution in [0.2, 0.25) is 0 Å². The van der Waals surface area contributed by atoms with Crippen molar-refractivity contribution in [2.45, 2.75) is 25.9 Å². The molecule has 2 aromatic heterocycles. The van der Waals surface area contributed by atoms with Crippen LogP contribution in [-0.2, 0) is 0 Å². The maximum atomic E-state index is 5.72. The first-order valence-electron chi connectivity index (χ1n) is 8.27. The molecule has 1 aliphatic heterocycles. The second kappa shape index (κ2) is 6.58. The molecular formula is C20H19N3S2. The molecule has 1 aliphatic rings. The van der Waals surface area contributed by atoms with Crippen molar-refractivity contribution >= 4 is 34.4 Å². The lowest BCUT2D eigenvalue weighted by Gasteiger charge is -2.27. The van der Waals surface area contributed by atoms with E-state index in [0.717, 1.165) is 16.5 Å². The van der Waals surface area contributed by atoms with Gasteiger partial charge in [0.1, 0.15) is 0 Å². The molecule has 4 rings (SSSR count). The second-order valence-corrected chi connectivity index (χ2v) is 7.99. The van der Waals surface area contributed by atoms with Gasteiger partial charge in [0.2, 0.25) is 0 Å². The summed E-state index contributed by atoms with van der Waals surface area (Å²) in [6.45, 7) is 4.25. The molecule has 1 fully saturated rings. The average Bonchev–Trinajstić information content (AvgIpc) is 3.18. The molecule has 0 radical (unpaired) electrons. The quantitative estimate of drug-likeness (QED) is 0.666. The van der Waals surface area contributed by atoms with Gasteiger partial charge in [0, 0.05) is 21.6 Å². The molecule has 1 N–H and O–H groups in total. The van der Waals surface area contributed by atoms with Crippen molar-refractivity contribution in [3.05, 3.63) is 81.8 Å². The number of pyridine rings is 1. The highest BCUT2D eigenvalue weighted by molar-refractivity contribution is 7.80. The highest BCUT2D eigenvalue weighted by Gasteiger charge is 2.41. The number of hydrogen-bond donors (Lipinski definition) is 1. The summed E-state index contributed by atoms with van der Waals surface area (Å²) in [6, 6.07) is 19.0. The van der Waals surface area contributed by atoms with Crippen LogP contribution in [0.15, 0.2) is 60.8 Å².